The molecular weight excluding hydrogens is 342 g/mol. The van der Waals surface area contributed by atoms with Crippen molar-refractivity contribution in [3.63, 3.8) is 0 Å². The summed E-state index contributed by atoms with van der Waals surface area (Å²) in [4.78, 5) is 43.9. The molecule has 0 amide bonds. The zero-order chi connectivity index (χ0) is 16.3. The van der Waals surface area contributed by atoms with Crippen molar-refractivity contribution in [1.82, 2.24) is 9.97 Å². The molecule has 0 spiro atoms. The monoisotopic (exact) mass is 358 g/mol. The van der Waals surface area contributed by atoms with Crippen LogP contribution in [-0.4, -0.2) is 46.2 Å². The summed E-state index contributed by atoms with van der Waals surface area (Å²) in [5, 5.41) is 9.51. The number of hydrogen-bond acceptors (Lipinski definition) is 6. The second-order valence-corrected chi connectivity index (χ2v) is 8.19. The highest BCUT2D eigenvalue weighted by molar-refractivity contribution is 7.80. The third-order valence-corrected chi connectivity index (χ3v) is 5.42. The largest absolute Gasteiger partial charge is 0.379 e. The fourth-order valence-corrected chi connectivity index (χ4v) is 4.14. The van der Waals surface area contributed by atoms with Crippen LogP contribution >= 0.6 is 27.8 Å². The highest BCUT2D eigenvalue weighted by Gasteiger charge is 2.46. The molecule has 0 aliphatic carbocycles. The Labute approximate surface area is 126 Å². The third kappa shape index (κ3) is 5.43. The van der Waals surface area contributed by atoms with Gasteiger partial charge in [-0.3, -0.25) is 19.1 Å². The van der Waals surface area contributed by atoms with Crippen LogP contribution in [-0.2, 0) is 15.6 Å². The highest BCUT2D eigenvalue weighted by atomic mass is 32.1. The Morgan fingerprint density at radius 1 is 1.10 bits per heavy atom. The molecule has 1 rings (SSSR count). The van der Waals surface area contributed by atoms with Crippen molar-refractivity contribution < 1.29 is 33.8 Å². The van der Waals surface area contributed by atoms with Gasteiger partial charge in [0.05, 0.1) is 11.4 Å². The average molecular weight is 358 g/mol. The normalized spacial score (nSPS) is 15.7. The van der Waals surface area contributed by atoms with Crippen molar-refractivity contribution in [2.75, 3.05) is 5.75 Å². The molecule has 0 fully saturated rings. The van der Waals surface area contributed by atoms with E-state index in [-0.39, 0.29) is 5.69 Å². The predicted molar refractivity (Wildman–Crippen MR) is 77.0 cm³/mol. The summed E-state index contributed by atoms with van der Waals surface area (Å²) in [5.74, 6) is -1.93. The Hall–Kier alpha value is -0.310. The molecule has 5 N–H and O–H groups in total. The smallest absolute Gasteiger partial charge is 0.355 e. The summed E-state index contributed by atoms with van der Waals surface area (Å²) in [5.41, 5.74) is -1.97. The first-order valence-electron chi connectivity index (χ1n) is 5.77. The van der Waals surface area contributed by atoms with E-state index in [0.29, 0.717) is 17.9 Å². The molecule has 1 aromatic rings. The molecule has 2 unspecified atom stereocenters. The second-order valence-electron chi connectivity index (χ2n) is 4.30. The Balaban J connectivity index is 3.11. The Bertz CT molecular complexity index is 558. The van der Waals surface area contributed by atoms with Crippen molar-refractivity contribution in [2.24, 2.45) is 0 Å². The molecule has 9 nitrogen and oxygen atoms in total. The fraction of sp³-hybridized carbons (Fsp3) is 0.556. The first-order valence-corrected chi connectivity index (χ1v) is 9.77. The minimum Gasteiger partial charge on any atom is -0.379 e. The van der Waals surface area contributed by atoms with Crippen LogP contribution in [0.5, 0.6) is 0 Å². The molecule has 0 aliphatic heterocycles. The van der Waals surface area contributed by atoms with E-state index in [2.05, 4.69) is 22.6 Å². The average Bonchev–Trinajstić information content (AvgIpc) is 2.35. The lowest BCUT2D eigenvalue weighted by atomic mass is 10.2. The molecule has 0 saturated carbocycles. The maximum Gasteiger partial charge on any atom is 0.355 e. The summed E-state index contributed by atoms with van der Waals surface area (Å²) < 4.78 is 22.4. The van der Waals surface area contributed by atoms with Crippen LogP contribution in [0.4, 0.5) is 0 Å². The molecule has 21 heavy (non-hydrogen) atoms. The number of aliphatic hydroxyl groups is 1. The lowest BCUT2D eigenvalue weighted by Crippen LogP contribution is -2.20. The summed E-state index contributed by atoms with van der Waals surface area (Å²) in [6.07, 6.45) is 3.52. The van der Waals surface area contributed by atoms with Gasteiger partial charge in [-0.05, 0) is 18.6 Å². The lowest BCUT2D eigenvalue weighted by Gasteiger charge is -2.23. The van der Waals surface area contributed by atoms with E-state index in [9.17, 15) is 24.0 Å². The zero-order valence-electron chi connectivity index (χ0n) is 10.7. The highest BCUT2D eigenvalue weighted by Crippen LogP contribution is 2.60. The van der Waals surface area contributed by atoms with Crippen LogP contribution in [0, 0.1) is 0 Å². The van der Waals surface area contributed by atoms with Crippen molar-refractivity contribution in [1.29, 1.82) is 0 Å². The van der Waals surface area contributed by atoms with E-state index >= 15 is 0 Å². The Kier molecular flexibility index (Phi) is 6.52. The van der Waals surface area contributed by atoms with E-state index in [1.54, 1.807) is 0 Å². The SMILES string of the molecule is O=P(O)(O)C(O)C(c1cnc(CCCS)cn1)P(=O)(O)O. The van der Waals surface area contributed by atoms with Gasteiger partial charge in [0, 0.05) is 12.4 Å². The van der Waals surface area contributed by atoms with Gasteiger partial charge in [0.1, 0.15) is 5.66 Å². The van der Waals surface area contributed by atoms with Crippen LogP contribution in [0.3, 0.4) is 0 Å². The maximum absolute atomic E-state index is 11.4. The van der Waals surface area contributed by atoms with Crippen molar-refractivity contribution in [3.8, 4) is 0 Å². The first-order chi connectivity index (χ1) is 9.57. The van der Waals surface area contributed by atoms with Crippen LogP contribution < -0.4 is 0 Å². The maximum atomic E-state index is 11.4. The van der Waals surface area contributed by atoms with Gasteiger partial charge in [0.15, 0.2) is 5.85 Å². The van der Waals surface area contributed by atoms with E-state index in [4.69, 9.17) is 9.79 Å². The predicted octanol–water partition coefficient (Wildman–Crippen LogP) is 0.0539. The molecule has 12 heteroatoms. The number of aryl methyl sites for hydroxylation is 1. The minimum absolute atomic E-state index is 0.381. The topological polar surface area (TPSA) is 161 Å². The van der Waals surface area contributed by atoms with Crippen molar-refractivity contribution in [3.05, 3.63) is 23.8 Å². The zero-order valence-corrected chi connectivity index (χ0v) is 13.4. The molecule has 0 saturated heterocycles. The fourth-order valence-electron chi connectivity index (χ4n) is 1.59. The van der Waals surface area contributed by atoms with Crippen molar-refractivity contribution >= 4 is 27.8 Å². The van der Waals surface area contributed by atoms with Crippen molar-refractivity contribution in [2.45, 2.75) is 24.3 Å². The molecular formula is C9H16N2O7P2S. The lowest BCUT2D eigenvalue weighted by molar-refractivity contribution is 0.183. The molecule has 2 atom stereocenters. The third-order valence-electron chi connectivity index (χ3n) is 2.61. The van der Waals surface area contributed by atoms with Crippen LogP contribution in [0.15, 0.2) is 12.4 Å². The quantitative estimate of drug-likeness (QED) is 0.292. The van der Waals surface area contributed by atoms with Crippen LogP contribution in [0.25, 0.3) is 0 Å². The molecule has 0 bridgehead atoms. The van der Waals surface area contributed by atoms with Gasteiger partial charge in [-0.2, -0.15) is 12.6 Å². The minimum atomic E-state index is -5.12. The number of nitrogens with zero attached hydrogens (tertiary/aromatic N) is 2. The Morgan fingerprint density at radius 3 is 2.10 bits per heavy atom. The van der Waals surface area contributed by atoms with Crippen LogP contribution in [0.2, 0.25) is 0 Å². The molecule has 0 radical (unpaired) electrons. The van der Waals surface area contributed by atoms with E-state index in [0.717, 1.165) is 12.6 Å². The Morgan fingerprint density at radius 2 is 1.71 bits per heavy atom. The molecule has 1 heterocycles. The van der Waals surface area contributed by atoms with E-state index in [1.165, 1.54) is 6.20 Å². The van der Waals surface area contributed by atoms with Crippen LogP contribution in [0.1, 0.15) is 23.5 Å². The van der Waals surface area contributed by atoms with Gasteiger partial charge in [0.2, 0.25) is 0 Å². The van der Waals surface area contributed by atoms with Gasteiger partial charge in [-0.25, -0.2) is 0 Å². The summed E-state index contributed by atoms with van der Waals surface area (Å²) in [6, 6.07) is 0. The second kappa shape index (κ2) is 7.30. The molecule has 1 aromatic heterocycles. The number of aliphatic hydroxyl groups excluding tert-OH is 1. The number of hydrogen-bond donors (Lipinski definition) is 6. The number of rotatable bonds is 7. The first kappa shape index (κ1) is 18.7. The summed E-state index contributed by atoms with van der Waals surface area (Å²) in [6.45, 7) is 0. The van der Waals surface area contributed by atoms with Gasteiger partial charge < -0.3 is 24.7 Å². The summed E-state index contributed by atoms with van der Waals surface area (Å²) in [7, 11) is -10.2. The molecule has 0 aliphatic rings. The molecule has 0 aromatic carbocycles. The van der Waals surface area contributed by atoms with Gasteiger partial charge >= 0.3 is 15.2 Å². The van der Waals surface area contributed by atoms with Gasteiger partial charge in [0.25, 0.3) is 0 Å². The summed E-state index contributed by atoms with van der Waals surface area (Å²) >= 11 is 4.03. The standard InChI is InChI=1S/C9H16N2O7P2S/c12-9(20(16,17)18)8(19(13,14)15)7-5-10-6(4-11-7)2-1-3-21/h4-5,8-9,12,21H,1-3H2,(H2,13,14,15)(H2,16,17,18). The number of thiol groups is 1. The van der Waals surface area contributed by atoms with Gasteiger partial charge in [-0.15, -0.1) is 0 Å². The molecule has 120 valence electrons. The van der Waals surface area contributed by atoms with E-state index < -0.39 is 26.7 Å². The van der Waals surface area contributed by atoms with Gasteiger partial charge in [-0.1, -0.05) is 0 Å². The number of aromatic nitrogens is 2. The van der Waals surface area contributed by atoms with E-state index in [1.807, 2.05) is 0 Å².